The number of pyridine rings is 1. The first-order valence-electron chi connectivity index (χ1n) is 3.83. The summed E-state index contributed by atoms with van der Waals surface area (Å²) in [6.45, 7) is 0. The fourth-order valence-corrected chi connectivity index (χ4v) is 2.09. The third kappa shape index (κ3) is 3.58. The van der Waals surface area contributed by atoms with Crippen LogP contribution in [0.25, 0.3) is 0 Å². The van der Waals surface area contributed by atoms with Crippen LogP contribution in [-0.4, -0.2) is 17.6 Å². The van der Waals surface area contributed by atoms with Crippen LogP contribution < -0.4 is 4.74 Å². The SMILES string of the molecule is O=Cc1cc(I)nc(OC(F)(F)F)c1CBr. The number of ether oxygens (including phenoxy) is 1. The zero-order valence-corrected chi connectivity index (χ0v) is 11.3. The minimum absolute atomic E-state index is 0.0520. The van der Waals surface area contributed by atoms with Crippen LogP contribution >= 0.6 is 38.5 Å². The topological polar surface area (TPSA) is 39.2 Å². The predicted octanol–water partition coefficient (Wildman–Crippen LogP) is 3.29. The van der Waals surface area contributed by atoms with Crippen LogP contribution in [0.5, 0.6) is 5.88 Å². The highest BCUT2D eigenvalue weighted by molar-refractivity contribution is 14.1. The van der Waals surface area contributed by atoms with E-state index in [1.807, 2.05) is 0 Å². The van der Waals surface area contributed by atoms with Crippen molar-refractivity contribution in [2.24, 2.45) is 0 Å². The number of rotatable bonds is 3. The van der Waals surface area contributed by atoms with Gasteiger partial charge in [0, 0.05) is 16.5 Å². The Balaban J connectivity index is 3.25. The third-order valence-electron chi connectivity index (χ3n) is 1.56. The summed E-state index contributed by atoms with van der Waals surface area (Å²) in [6.07, 6.45) is -4.36. The highest BCUT2D eigenvalue weighted by Gasteiger charge is 2.33. The van der Waals surface area contributed by atoms with Crippen molar-refractivity contribution >= 4 is 44.8 Å². The number of carbonyl (C=O) groups is 1. The maximum Gasteiger partial charge on any atom is 0.574 e. The van der Waals surface area contributed by atoms with Crippen LogP contribution in [0.4, 0.5) is 13.2 Å². The van der Waals surface area contributed by atoms with Crippen molar-refractivity contribution in [2.45, 2.75) is 11.7 Å². The van der Waals surface area contributed by atoms with Crippen LogP contribution in [0.3, 0.4) is 0 Å². The minimum Gasteiger partial charge on any atom is -0.387 e. The average molecular weight is 410 g/mol. The lowest BCUT2D eigenvalue weighted by atomic mass is 10.2. The summed E-state index contributed by atoms with van der Waals surface area (Å²) in [5, 5.41) is 0.0520. The van der Waals surface area contributed by atoms with Gasteiger partial charge in [-0.15, -0.1) is 13.2 Å². The molecule has 0 N–H and O–H groups in total. The fourth-order valence-electron chi connectivity index (χ4n) is 0.969. The molecule has 0 fully saturated rings. The van der Waals surface area contributed by atoms with Crippen LogP contribution in [-0.2, 0) is 5.33 Å². The second kappa shape index (κ2) is 5.30. The third-order valence-corrected chi connectivity index (χ3v) is 2.68. The van der Waals surface area contributed by atoms with E-state index in [0.717, 1.165) is 0 Å². The van der Waals surface area contributed by atoms with Crippen LogP contribution in [0.15, 0.2) is 6.07 Å². The van der Waals surface area contributed by atoms with E-state index in [9.17, 15) is 18.0 Å². The van der Waals surface area contributed by atoms with Gasteiger partial charge in [0.2, 0.25) is 5.88 Å². The number of halogens is 5. The number of carbonyl (C=O) groups excluding carboxylic acids is 1. The van der Waals surface area contributed by atoms with Gasteiger partial charge in [-0.1, -0.05) is 15.9 Å². The monoisotopic (exact) mass is 409 g/mol. The predicted molar refractivity (Wildman–Crippen MR) is 61.7 cm³/mol. The van der Waals surface area contributed by atoms with E-state index in [1.54, 1.807) is 22.6 Å². The first-order chi connectivity index (χ1) is 7.37. The van der Waals surface area contributed by atoms with E-state index < -0.39 is 12.2 Å². The Morgan fingerprint density at radius 1 is 1.56 bits per heavy atom. The molecule has 0 aliphatic heterocycles. The molecule has 0 saturated heterocycles. The number of aromatic nitrogens is 1. The van der Waals surface area contributed by atoms with Gasteiger partial charge in [-0.05, 0) is 28.7 Å². The van der Waals surface area contributed by atoms with Gasteiger partial charge in [0.05, 0.1) is 0 Å². The van der Waals surface area contributed by atoms with E-state index in [-0.39, 0.29) is 20.2 Å². The Kier molecular flexibility index (Phi) is 4.53. The molecule has 0 amide bonds. The first kappa shape index (κ1) is 13.7. The second-order valence-electron chi connectivity index (χ2n) is 2.62. The van der Waals surface area contributed by atoms with Crippen molar-refractivity contribution < 1.29 is 22.7 Å². The molecule has 8 heteroatoms. The molecule has 88 valence electrons. The lowest BCUT2D eigenvalue weighted by Crippen LogP contribution is -2.19. The molecule has 0 aliphatic carbocycles. The molecule has 3 nitrogen and oxygen atoms in total. The maximum absolute atomic E-state index is 12.1. The van der Waals surface area contributed by atoms with E-state index in [1.165, 1.54) is 6.07 Å². The maximum atomic E-state index is 12.1. The number of alkyl halides is 4. The molecule has 0 aromatic carbocycles. The summed E-state index contributed by atoms with van der Waals surface area (Å²) in [4.78, 5) is 14.3. The summed E-state index contributed by atoms with van der Waals surface area (Å²) >= 11 is 4.69. The van der Waals surface area contributed by atoms with E-state index in [4.69, 9.17) is 0 Å². The lowest BCUT2D eigenvalue weighted by Gasteiger charge is -2.12. The quantitative estimate of drug-likeness (QED) is 0.333. The van der Waals surface area contributed by atoms with Gasteiger partial charge in [0.25, 0.3) is 0 Å². The Morgan fingerprint density at radius 2 is 2.19 bits per heavy atom. The summed E-state index contributed by atoms with van der Waals surface area (Å²) in [6, 6.07) is 1.38. The average Bonchev–Trinajstić information content (AvgIpc) is 2.14. The molecule has 1 heterocycles. The van der Waals surface area contributed by atoms with E-state index >= 15 is 0 Å². The smallest absolute Gasteiger partial charge is 0.387 e. The zero-order chi connectivity index (χ0) is 12.3. The molecule has 16 heavy (non-hydrogen) atoms. The molecule has 1 aromatic heterocycles. The van der Waals surface area contributed by atoms with Gasteiger partial charge in [0.15, 0.2) is 6.29 Å². The molecule has 0 spiro atoms. The van der Waals surface area contributed by atoms with Crippen LogP contribution in [0.2, 0.25) is 0 Å². The fraction of sp³-hybridized carbons (Fsp3) is 0.250. The Labute approximate surface area is 111 Å². The largest absolute Gasteiger partial charge is 0.574 e. The Morgan fingerprint density at radius 3 is 2.62 bits per heavy atom. The van der Waals surface area contributed by atoms with E-state index in [0.29, 0.717) is 6.29 Å². The standard InChI is InChI=1S/C8H4BrF3INO2/c9-2-5-4(3-15)1-6(13)14-7(5)16-8(10,11)12/h1,3H,2H2. The van der Waals surface area contributed by atoms with Crippen molar-refractivity contribution in [3.8, 4) is 5.88 Å². The molecule has 0 atom stereocenters. The molecular weight excluding hydrogens is 406 g/mol. The molecule has 0 saturated carbocycles. The zero-order valence-electron chi connectivity index (χ0n) is 7.52. The molecule has 1 rings (SSSR count). The number of nitrogens with zero attached hydrogens (tertiary/aromatic N) is 1. The second-order valence-corrected chi connectivity index (χ2v) is 4.28. The van der Waals surface area contributed by atoms with Gasteiger partial charge in [-0.25, -0.2) is 4.98 Å². The van der Waals surface area contributed by atoms with Crippen molar-refractivity contribution in [1.29, 1.82) is 0 Å². The van der Waals surface area contributed by atoms with Crippen molar-refractivity contribution in [1.82, 2.24) is 4.98 Å². The van der Waals surface area contributed by atoms with Crippen molar-refractivity contribution in [2.75, 3.05) is 0 Å². The number of hydrogen-bond donors (Lipinski definition) is 0. The normalized spacial score (nSPS) is 11.3. The lowest BCUT2D eigenvalue weighted by molar-refractivity contribution is -0.276. The molecule has 0 aliphatic rings. The van der Waals surface area contributed by atoms with Gasteiger partial charge in [0.1, 0.15) is 3.70 Å². The van der Waals surface area contributed by atoms with Gasteiger partial charge in [-0.2, -0.15) is 0 Å². The highest BCUT2D eigenvalue weighted by Crippen LogP contribution is 2.28. The minimum atomic E-state index is -4.82. The number of hydrogen-bond acceptors (Lipinski definition) is 3. The van der Waals surface area contributed by atoms with E-state index in [2.05, 4.69) is 25.7 Å². The van der Waals surface area contributed by atoms with Gasteiger partial charge < -0.3 is 4.74 Å². The Bertz CT molecular complexity index is 411. The highest BCUT2D eigenvalue weighted by atomic mass is 127. The molecule has 0 radical (unpaired) electrons. The summed E-state index contributed by atoms with van der Waals surface area (Å²) < 4.78 is 40.2. The van der Waals surface area contributed by atoms with Gasteiger partial charge >= 0.3 is 6.36 Å². The molecule has 0 unspecified atom stereocenters. The number of aldehydes is 1. The van der Waals surface area contributed by atoms with Crippen LogP contribution in [0.1, 0.15) is 15.9 Å². The molecular formula is C8H4BrF3INO2. The first-order valence-corrected chi connectivity index (χ1v) is 6.03. The van der Waals surface area contributed by atoms with Gasteiger partial charge in [-0.3, -0.25) is 4.79 Å². The molecule has 0 bridgehead atoms. The van der Waals surface area contributed by atoms with Crippen molar-refractivity contribution in [3.05, 3.63) is 20.9 Å². The molecule has 1 aromatic rings. The summed E-state index contributed by atoms with van der Waals surface area (Å²) in [7, 11) is 0. The Hall–Kier alpha value is -0.380. The summed E-state index contributed by atoms with van der Waals surface area (Å²) in [5.41, 5.74) is 0.197. The van der Waals surface area contributed by atoms with Crippen molar-refractivity contribution in [3.63, 3.8) is 0 Å². The van der Waals surface area contributed by atoms with Crippen LogP contribution in [0, 0.1) is 3.70 Å². The summed E-state index contributed by atoms with van der Waals surface area (Å²) in [5.74, 6) is -0.599.